The van der Waals surface area contributed by atoms with Gasteiger partial charge in [0.1, 0.15) is 0 Å². The van der Waals surface area contributed by atoms with Crippen LogP contribution in [-0.2, 0) is 9.53 Å². The number of hydrogen-bond acceptors (Lipinski definition) is 3. The molecule has 1 fully saturated rings. The van der Waals surface area contributed by atoms with Crippen LogP contribution in [0.2, 0.25) is 0 Å². The van der Waals surface area contributed by atoms with Gasteiger partial charge in [-0.3, -0.25) is 9.59 Å². The highest BCUT2D eigenvalue weighted by atomic mass is 16.5. The highest BCUT2D eigenvalue weighted by Crippen LogP contribution is 2.18. The van der Waals surface area contributed by atoms with Crippen molar-refractivity contribution in [2.45, 2.75) is 25.7 Å². The highest BCUT2D eigenvalue weighted by molar-refractivity contribution is 5.97. The Kier molecular flexibility index (Phi) is 5.93. The van der Waals surface area contributed by atoms with Crippen LogP contribution in [0.1, 0.15) is 36.0 Å². The molecule has 0 N–H and O–H groups in total. The third-order valence-electron chi connectivity index (χ3n) is 3.94. The quantitative estimate of drug-likeness (QED) is 0.756. The standard InChI is InChI=1S/C17H23NO3/c1-21-13-14-6-5-11-18(12-14)17(20)10-9-16(19)15-7-3-2-4-8-15/h2-4,7-8,14H,5-6,9-13H2,1H3. The van der Waals surface area contributed by atoms with E-state index in [0.717, 1.165) is 25.9 Å². The summed E-state index contributed by atoms with van der Waals surface area (Å²) in [5.74, 6) is 0.548. The maximum absolute atomic E-state index is 12.2. The van der Waals surface area contributed by atoms with Crippen molar-refractivity contribution in [3.8, 4) is 0 Å². The van der Waals surface area contributed by atoms with Crippen LogP contribution < -0.4 is 0 Å². The number of piperidine rings is 1. The molecule has 1 amide bonds. The number of Topliss-reactive ketones (excluding diaryl/α,β-unsaturated/α-hetero) is 1. The smallest absolute Gasteiger partial charge is 0.223 e. The second-order valence-electron chi connectivity index (χ2n) is 5.59. The van der Waals surface area contributed by atoms with E-state index < -0.39 is 0 Å². The largest absolute Gasteiger partial charge is 0.384 e. The minimum Gasteiger partial charge on any atom is -0.384 e. The topological polar surface area (TPSA) is 46.6 Å². The number of likely N-dealkylation sites (tertiary alicyclic amines) is 1. The maximum Gasteiger partial charge on any atom is 0.223 e. The Morgan fingerprint density at radius 3 is 2.71 bits per heavy atom. The van der Waals surface area contributed by atoms with E-state index in [4.69, 9.17) is 4.74 Å². The van der Waals surface area contributed by atoms with Crippen LogP contribution in [0.4, 0.5) is 0 Å². The Morgan fingerprint density at radius 2 is 2.00 bits per heavy atom. The van der Waals surface area contributed by atoms with Crippen LogP contribution in [0.25, 0.3) is 0 Å². The molecule has 0 aromatic heterocycles. The molecule has 1 aliphatic rings. The number of amides is 1. The molecule has 2 rings (SSSR count). The summed E-state index contributed by atoms with van der Waals surface area (Å²) >= 11 is 0. The van der Waals surface area contributed by atoms with Gasteiger partial charge in [0.2, 0.25) is 5.91 Å². The van der Waals surface area contributed by atoms with Gasteiger partial charge in [-0.2, -0.15) is 0 Å². The van der Waals surface area contributed by atoms with E-state index in [9.17, 15) is 9.59 Å². The first-order valence-electron chi connectivity index (χ1n) is 7.55. The summed E-state index contributed by atoms with van der Waals surface area (Å²) in [7, 11) is 1.69. The summed E-state index contributed by atoms with van der Waals surface area (Å²) in [5, 5.41) is 0. The summed E-state index contributed by atoms with van der Waals surface area (Å²) in [5.41, 5.74) is 0.682. The first kappa shape index (κ1) is 15.7. The highest BCUT2D eigenvalue weighted by Gasteiger charge is 2.23. The van der Waals surface area contributed by atoms with Crippen molar-refractivity contribution >= 4 is 11.7 Å². The first-order chi connectivity index (χ1) is 10.2. The molecule has 1 unspecified atom stereocenters. The van der Waals surface area contributed by atoms with Gasteiger partial charge in [0.15, 0.2) is 5.78 Å². The van der Waals surface area contributed by atoms with Crippen molar-refractivity contribution in [2.24, 2.45) is 5.92 Å². The number of methoxy groups -OCH3 is 1. The van der Waals surface area contributed by atoms with Gasteiger partial charge in [-0.1, -0.05) is 30.3 Å². The molecule has 1 aromatic carbocycles. The predicted octanol–water partition coefficient (Wildman–Crippen LogP) is 2.53. The number of rotatable bonds is 6. The SMILES string of the molecule is COCC1CCCN(C(=O)CCC(=O)c2ccccc2)C1. The van der Waals surface area contributed by atoms with Gasteiger partial charge in [0.05, 0.1) is 6.61 Å². The molecule has 1 aliphatic heterocycles. The zero-order chi connectivity index (χ0) is 15.1. The number of ether oxygens (including phenoxy) is 1. The monoisotopic (exact) mass is 289 g/mol. The number of benzene rings is 1. The van der Waals surface area contributed by atoms with E-state index in [1.54, 1.807) is 19.2 Å². The molecule has 0 aliphatic carbocycles. The average molecular weight is 289 g/mol. The number of carbonyl (C=O) groups is 2. The van der Waals surface area contributed by atoms with Crippen LogP contribution in [-0.4, -0.2) is 43.4 Å². The van der Waals surface area contributed by atoms with Gasteiger partial charge in [-0.25, -0.2) is 0 Å². The van der Waals surface area contributed by atoms with E-state index in [0.29, 0.717) is 24.5 Å². The maximum atomic E-state index is 12.2. The minimum atomic E-state index is 0.0365. The summed E-state index contributed by atoms with van der Waals surface area (Å²) < 4.78 is 5.17. The summed E-state index contributed by atoms with van der Waals surface area (Å²) in [4.78, 5) is 26.1. The lowest BCUT2D eigenvalue weighted by molar-refractivity contribution is -0.133. The van der Waals surface area contributed by atoms with Crippen molar-refractivity contribution in [2.75, 3.05) is 26.8 Å². The third kappa shape index (κ3) is 4.67. The van der Waals surface area contributed by atoms with Gasteiger partial charge >= 0.3 is 0 Å². The molecule has 0 bridgehead atoms. The average Bonchev–Trinajstić information content (AvgIpc) is 2.53. The van der Waals surface area contributed by atoms with E-state index in [2.05, 4.69) is 0 Å². The fourth-order valence-electron chi connectivity index (χ4n) is 2.81. The van der Waals surface area contributed by atoms with Crippen molar-refractivity contribution in [3.05, 3.63) is 35.9 Å². The molecule has 1 aromatic rings. The molecule has 1 heterocycles. The number of ketones is 1. The third-order valence-corrected chi connectivity index (χ3v) is 3.94. The van der Waals surface area contributed by atoms with Crippen LogP contribution >= 0.6 is 0 Å². The van der Waals surface area contributed by atoms with Gasteiger partial charge in [-0.05, 0) is 18.8 Å². The van der Waals surface area contributed by atoms with E-state index in [-0.39, 0.29) is 18.1 Å². The second-order valence-corrected chi connectivity index (χ2v) is 5.59. The Bertz CT molecular complexity index is 470. The van der Waals surface area contributed by atoms with Crippen molar-refractivity contribution < 1.29 is 14.3 Å². The van der Waals surface area contributed by atoms with Crippen LogP contribution in [0.15, 0.2) is 30.3 Å². The zero-order valence-electron chi connectivity index (χ0n) is 12.6. The first-order valence-corrected chi connectivity index (χ1v) is 7.55. The number of nitrogens with zero attached hydrogens (tertiary/aromatic N) is 1. The van der Waals surface area contributed by atoms with Crippen molar-refractivity contribution in [1.82, 2.24) is 4.90 Å². The molecule has 21 heavy (non-hydrogen) atoms. The molecule has 4 heteroatoms. The molecular weight excluding hydrogens is 266 g/mol. The molecule has 1 saturated heterocycles. The molecule has 1 atom stereocenters. The van der Waals surface area contributed by atoms with Gasteiger partial charge in [0, 0.05) is 38.6 Å². The lowest BCUT2D eigenvalue weighted by atomic mass is 9.98. The Hall–Kier alpha value is -1.68. The summed E-state index contributed by atoms with van der Waals surface area (Å²) in [6.45, 7) is 2.26. The lowest BCUT2D eigenvalue weighted by Crippen LogP contribution is -2.41. The van der Waals surface area contributed by atoms with Crippen molar-refractivity contribution in [3.63, 3.8) is 0 Å². The van der Waals surface area contributed by atoms with Crippen LogP contribution in [0, 0.1) is 5.92 Å². The fourth-order valence-corrected chi connectivity index (χ4v) is 2.81. The van der Waals surface area contributed by atoms with Crippen LogP contribution in [0.5, 0.6) is 0 Å². The molecule has 4 nitrogen and oxygen atoms in total. The molecule has 0 radical (unpaired) electrons. The summed E-state index contributed by atoms with van der Waals surface area (Å²) in [6, 6.07) is 9.15. The summed E-state index contributed by atoms with van der Waals surface area (Å²) in [6.07, 6.45) is 2.72. The molecule has 114 valence electrons. The Balaban J connectivity index is 1.80. The van der Waals surface area contributed by atoms with Crippen LogP contribution in [0.3, 0.4) is 0 Å². The fraction of sp³-hybridized carbons (Fsp3) is 0.529. The normalized spacial score (nSPS) is 18.5. The Labute approximate surface area is 126 Å². The van der Waals surface area contributed by atoms with Gasteiger partial charge in [0.25, 0.3) is 0 Å². The van der Waals surface area contributed by atoms with Gasteiger partial charge in [-0.15, -0.1) is 0 Å². The number of carbonyl (C=O) groups excluding carboxylic acids is 2. The zero-order valence-corrected chi connectivity index (χ0v) is 12.6. The van der Waals surface area contributed by atoms with E-state index >= 15 is 0 Å². The second kappa shape index (κ2) is 7.93. The molecule has 0 saturated carbocycles. The lowest BCUT2D eigenvalue weighted by Gasteiger charge is -2.32. The van der Waals surface area contributed by atoms with E-state index in [1.165, 1.54) is 0 Å². The minimum absolute atomic E-state index is 0.0365. The van der Waals surface area contributed by atoms with Crippen molar-refractivity contribution in [1.29, 1.82) is 0 Å². The Morgan fingerprint density at radius 1 is 1.24 bits per heavy atom. The molecular formula is C17H23NO3. The van der Waals surface area contributed by atoms with Gasteiger partial charge < -0.3 is 9.64 Å². The predicted molar refractivity (Wildman–Crippen MR) is 81.2 cm³/mol. The number of hydrogen-bond donors (Lipinski definition) is 0. The molecule has 0 spiro atoms. The van der Waals surface area contributed by atoms with E-state index in [1.807, 2.05) is 23.1 Å².